The molecule has 1 fully saturated rings. The number of piperidine rings is 1. The smallest absolute Gasteiger partial charge is 0.337 e. The van der Waals surface area contributed by atoms with Gasteiger partial charge in [0.05, 0.1) is 23.9 Å². The summed E-state index contributed by atoms with van der Waals surface area (Å²) >= 11 is 0. The molecule has 2 N–H and O–H groups in total. The van der Waals surface area contributed by atoms with Crippen molar-refractivity contribution in [1.82, 2.24) is 5.32 Å². The molecule has 114 valence electrons. The van der Waals surface area contributed by atoms with Crippen molar-refractivity contribution in [2.24, 2.45) is 0 Å². The van der Waals surface area contributed by atoms with Crippen molar-refractivity contribution < 1.29 is 18.7 Å². The topological polar surface area (TPSA) is 67.4 Å². The molecule has 5 nitrogen and oxygen atoms in total. The van der Waals surface area contributed by atoms with Crippen LogP contribution < -0.4 is 10.6 Å². The van der Waals surface area contributed by atoms with Crippen molar-refractivity contribution in [3.63, 3.8) is 0 Å². The fraction of sp³-hybridized carbons (Fsp3) is 0.467. The lowest BCUT2D eigenvalue weighted by atomic mass is 9.90. The molecule has 0 radical (unpaired) electrons. The number of methoxy groups -OCH3 is 1. The number of benzene rings is 1. The number of hydrogen-bond acceptors (Lipinski definition) is 4. The minimum absolute atomic E-state index is 0.0171. The number of esters is 1. The Morgan fingerprint density at radius 1 is 1.38 bits per heavy atom. The summed E-state index contributed by atoms with van der Waals surface area (Å²) in [7, 11) is 1.25. The molecule has 2 rings (SSSR count). The lowest BCUT2D eigenvalue weighted by molar-refractivity contribution is -0.122. The molecule has 0 spiro atoms. The first-order chi connectivity index (χ1) is 9.96. The first-order valence-corrected chi connectivity index (χ1v) is 6.90. The molecule has 1 aromatic rings. The van der Waals surface area contributed by atoms with Crippen LogP contribution >= 0.6 is 0 Å². The van der Waals surface area contributed by atoms with E-state index in [1.165, 1.54) is 19.2 Å². The molecule has 1 heterocycles. The fourth-order valence-corrected chi connectivity index (χ4v) is 2.38. The van der Waals surface area contributed by atoms with Crippen LogP contribution in [-0.4, -0.2) is 31.1 Å². The maximum Gasteiger partial charge on any atom is 0.337 e. The number of nitrogens with one attached hydrogen (secondary N) is 2. The second-order valence-corrected chi connectivity index (χ2v) is 5.36. The van der Waals surface area contributed by atoms with Crippen LogP contribution in [0, 0.1) is 5.82 Å². The molecule has 1 atom stereocenters. The van der Waals surface area contributed by atoms with Gasteiger partial charge in [0.2, 0.25) is 5.91 Å². The Morgan fingerprint density at radius 2 is 2.14 bits per heavy atom. The third-order valence-corrected chi connectivity index (χ3v) is 3.76. The van der Waals surface area contributed by atoms with E-state index in [1.54, 1.807) is 6.92 Å². The van der Waals surface area contributed by atoms with Crippen LogP contribution in [0.15, 0.2) is 18.2 Å². The summed E-state index contributed by atoms with van der Waals surface area (Å²) in [6.07, 6.45) is 2.66. The number of amides is 1. The molecular formula is C15H19FN2O3. The lowest BCUT2D eigenvalue weighted by Gasteiger charge is -2.33. The summed E-state index contributed by atoms with van der Waals surface area (Å²) in [5.74, 6) is -1.47. The molecule has 1 aliphatic heterocycles. The Hall–Kier alpha value is -1.95. The van der Waals surface area contributed by atoms with E-state index in [0.29, 0.717) is 6.42 Å². The van der Waals surface area contributed by atoms with Gasteiger partial charge in [-0.05, 0) is 50.9 Å². The summed E-state index contributed by atoms with van der Waals surface area (Å²) in [6.45, 7) is 2.55. The molecule has 0 saturated carbocycles. The minimum Gasteiger partial charge on any atom is -0.465 e. The second-order valence-electron chi connectivity index (χ2n) is 5.36. The van der Waals surface area contributed by atoms with Gasteiger partial charge in [0.25, 0.3) is 0 Å². The molecule has 1 saturated heterocycles. The van der Waals surface area contributed by atoms with Crippen molar-refractivity contribution in [2.45, 2.75) is 31.7 Å². The van der Waals surface area contributed by atoms with Gasteiger partial charge in [-0.3, -0.25) is 4.79 Å². The number of ether oxygens (including phenoxy) is 1. The lowest BCUT2D eigenvalue weighted by Crippen LogP contribution is -2.54. The maximum absolute atomic E-state index is 13.8. The average Bonchev–Trinajstić information content (AvgIpc) is 2.49. The van der Waals surface area contributed by atoms with Gasteiger partial charge in [-0.1, -0.05) is 0 Å². The molecule has 1 unspecified atom stereocenters. The third kappa shape index (κ3) is 3.39. The molecule has 1 aliphatic rings. The Kier molecular flexibility index (Phi) is 4.57. The standard InChI is InChI=1S/C15H19FN2O3/c1-15(7-3-4-8-17-15)14(20)18-12-9-10(13(19)21-2)5-6-11(12)16/h5-6,9,17H,3-4,7-8H2,1-2H3,(H,18,20). The van der Waals surface area contributed by atoms with Crippen molar-refractivity contribution in [3.8, 4) is 0 Å². The molecular weight excluding hydrogens is 275 g/mol. The quantitative estimate of drug-likeness (QED) is 0.838. The van der Waals surface area contributed by atoms with E-state index in [2.05, 4.69) is 15.4 Å². The second kappa shape index (κ2) is 6.22. The Morgan fingerprint density at radius 3 is 2.76 bits per heavy atom. The number of carbonyl (C=O) groups excluding carboxylic acids is 2. The van der Waals surface area contributed by atoms with Crippen LogP contribution in [0.5, 0.6) is 0 Å². The van der Waals surface area contributed by atoms with Crippen LogP contribution in [0.3, 0.4) is 0 Å². The first kappa shape index (κ1) is 15.4. The van der Waals surface area contributed by atoms with Crippen molar-refractivity contribution >= 4 is 17.6 Å². The number of hydrogen-bond donors (Lipinski definition) is 2. The van der Waals surface area contributed by atoms with Gasteiger partial charge < -0.3 is 15.4 Å². The maximum atomic E-state index is 13.8. The summed E-state index contributed by atoms with van der Waals surface area (Å²) < 4.78 is 18.4. The summed E-state index contributed by atoms with van der Waals surface area (Å²) in [5, 5.41) is 5.71. The SMILES string of the molecule is COC(=O)c1ccc(F)c(NC(=O)C2(C)CCCCN2)c1. The van der Waals surface area contributed by atoms with Gasteiger partial charge in [-0.25, -0.2) is 9.18 Å². The highest BCUT2D eigenvalue weighted by atomic mass is 19.1. The average molecular weight is 294 g/mol. The van der Waals surface area contributed by atoms with Crippen LogP contribution in [0.2, 0.25) is 0 Å². The van der Waals surface area contributed by atoms with Crippen LogP contribution in [-0.2, 0) is 9.53 Å². The predicted octanol–water partition coefficient (Wildman–Crippen LogP) is 2.08. The van der Waals surface area contributed by atoms with Gasteiger partial charge in [0.1, 0.15) is 5.82 Å². The molecule has 0 aromatic heterocycles. The predicted molar refractivity (Wildman–Crippen MR) is 76.6 cm³/mol. The molecule has 0 aliphatic carbocycles. The van der Waals surface area contributed by atoms with E-state index in [1.807, 2.05) is 0 Å². The minimum atomic E-state index is -0.716. The highest BCUT2D eigenvalue weighted by Gasteiger charge is 2.34. The number of carbonyl (C=O) groups is 2. The zero-order chi connectivity index (χ0) is 15.5. The highest BCUT2D eigenvalue weighted by molar-refractivity contribution is 5.99. The molecule has 1 amide bonds. The van der Waals surface area contributed by atoms with E-state index in [4.69, 9.17) is 0 Å². The summed E-state index contributed by atoms with van der Waals surface area (Å²) in [5.41, 5.74) is -0.543. The van der Waals surface area contributed by atoms with E-state index in [-0.39, 0.29) is 17.2 Å². The Bertz CT molecular complexity index is 554. The van der Waals surface area contributed by atoms with Gasteiger partial charge in [-0.15, -0.1) is 0 Å². The van der Waals surface area contributed by atoms with Gasteiger partial charge in [0, 0.05) is 0 Å². The van der Waals surface area contributed by atoms with Crippen molar-refractivity contribution in [3.05, 3.63) is 29.6 Å². The Balaban J connectivity index is 2.18. The van der Waals surface area contributed by atoms with Crippen LogP contribution in [0.4, 0.5) is 10.1 Å². The highest BCUT2D eigenvalue weighted by Crippen LogP contribution is 2.23. The van der Waals surface area contributed by atoms with Gasteiger partial charge in [0.15, 0.2) is 0 Å². The largest absolute Gasteiger partial charge is 0.465 e. The van der Waals surface area contributed by atoms with E-state index >= 15 is 0 Å². The molecule has 1 aromatic carbocycles. The number of halogens is 1. The normalized spacial score (nSPS) is 21.7. The fourth-order valence-electron chi connectivity index (χ4n) is 2.38. The molecule has 0 bridgehead atoms. The third-order valence-electron chi connectivity index (χ3n) is 3.76. The zero-order valence-corrected chi connectivity index (χ0v) is 12.2. The van der Waals surface area contributed by atoms with E-state index < -0.39 is 17.3 Å². The van der Waals surface area contributed by atoms with E-state index in [0.717, 1.165) is 25.5 Å². The van der Waals surface area contributed by atoms with Crippen molar-refractivity contribution in [1.29, 1.82) is 0 Å². The van der Waals surface area contributed by atoms with Crippen LogP contribution in [0.1, 0.15) is 36.5 Å². The first-order valence-electron chi connectivity index (χ1n) is 6.90. The van der Waals surface area contributed by atoms with E-state index in [9.17, 15) is 14.0 Å². The summed E-state index contributed by atoms with van der Waals surface area (Å²) in [6, 6.07) is 3.74. The molecule has 21 heavy (non-hydrogen) atoms. The Labute approximate surface area is 122 Å². The van der Waals surface area contributed by atoms with Gasteiger partial charge >= 0.3 is 5.97 Å². The molecule has 6 heteroatoms. The monoisotopic (exact) mass is 294 g/mol. The number of anilines is 1. The van der Waals surface area contributed by atoms with Gasteiger partial charge in [-0.2, -0.15) is 0 Å². The number of rotatable bonds is 3. The van der Waals surface area contributed by atoms with Crippen LogP contribution in [0.25, 0.3) is 0 Å². The van der Waals surface area contributed by atoms with Crippen molar-refractivity contribution in [2.75, 3.05) is 19.0 Å². The summed E-state index contributed by atoms with van der Waals surface area (Å²) in [4.78, 5) is 23.8. The zero-order valence-electron chi connectivity index (χ0n) is 12.2.